The minimum absolute atomic E-state index is 0.0260. The van der Waals surface area contributed by atoms with Gasteiger partial charge in [0, 0.05) is 16.2 Å². The van der Waals surface area contributed by atoms with Crippen molar-refractivity contribution in [1.29, 1.82) is 0 Å². The second-order valence-corrected chi connectivity index (χ2v) is 5.92. The van der Waals surface area contributed by atoms with Gasteiger partial charge in [0.05, 0.1) is 0 Å². The van der Waals surface area contributed by atoms with E-state index in [1.807, 2.05) is 52.8 Å². The summed E-state index contributed by atoms with van der Waals surface area (Å²) in [5.74, 6) is -0.0260. The molecule has 1 unspecified atom stereocenters. The van der Waals surface area contributed by atoms with Crippen LogP contribution in [0.5, 0.6) is 0 Å². The van der Waals surface area contributed by atoms with Crippen molar-refractivity contribution in [2.75, 3.05) is 5.32 Å². The van der Waals surface area contributed by atoms with Crippen molar-refractivity contribution in [2.45, 2.75) is 46.2 Å². The van der Waals surface area contributed by atoms with Gasteiger partial charge in [0.1, 0.15) is 6.04 Å². The van der Waals surface area contributed by atoms with Gasteiger partial charge in [-0.2, -0.15) is 0 Å². The molecule has 1 atom stereocenters. The van der Waals surface area contributed by atoms with Gasteiger partial charge in [0.2, 0.25) is 5.91 Å². The first-order chi connectivity index (χ1) is 8.20. The third-order valence-electron chi connectivity index (χ3n) is 2.53. The van der Waals surface area contributed by atoms with Gasteiger partial charge >= 0.3 is 0 Å². The molecule has 0 aliphatic carbocycles. The lowest BCUT2D eigenvalue weighted by Gasteiger charge is -2.24. The van der Waals surface area contributed by atoms with Crippen LogP contribution in [0.3, 0.4) is 0 Å². The highest BCUT2D eigenvalue weighted by molar-refractivity contribution is 6.31. The van der Waals surface area contributed by atoms with Gasteiger partial charge in [0.25, 0.3) is 0 Å². The average molecular weight is 269 g/mol. The third-order valence-corrected chi connectivity index (χ3v) is 2.94. The number of hydrogen-bond acceptors (Lipinski definition) is 2. The maximum absolute atomic E-state index is 12.0. The van der Waals surface area contributed by atoms with Crippen LogP contribution in [0.15, 0.2) is 18.2 Å². The van der Waals surface area contributed by atoms with Crippen molar-refractivity contribution in [2.24, 2.45) is 0 Å². The van der Waals surface area contributed by atoms with E-state index >= 15 is 0 Å². The molecule has 0 saturated carbocycles. The predicted octanol–water partition coefficient (Wildman–Crippen LogP) is 3.36. The van der Waals surface area contributed by atoms with Gasteiger partial charge < -0.3 is 10.6 Å². The SMILES string of the molecule is Cc1c(Cl)cccc1NC(C)C(=O)NC(C)(C)C. The summed E-state index contributed by atoms with van der Waals surface area (Å²) in [6, 6.07) is 5.32. The first kappa shape index (κ1) is 14.8. The number of benzene rings is 1. The molecule has 1 amide bonds. The number of hydrogen-bond donors (Lipinski definition) is 2. The fraction of sp³-hybridized carbons (Fsp3) is 0.500. The van der Waals surface area contributed by atoms with Crippen LogP contribution in [0, 0.1) is 6.92 Å². The number of carbonyl (C=O) groups is 1. The van der Waals surface area contributed by atoms with E-state index in [0.29, 0.717) is 5.02 Å². The molecule has 0 bridgehead atoms. The van der Waals surface area contributed by atoms with Crippen molar-refractivity contribution in [3.8, 4) is 0 Å². The molecule has 1 rings (SSSR count). The number of anilines is 1. The molecule has 1 aromatic carbocycles. The van der Waals surface area contributed by atoms with Crippen LogP contribution in [-0.4, -0.2) is 17.5 Å². The summed E-state index contributed by atoms with van der Waals surface area (Å²) in [7, 11) is 0. The molecule has 3 nitrogen and oxygen atoms in total. The van der Waals surface area contributed by atoms with Crippen LogP contribution in [0.4, 0.5) is 5.69 Å². The first-order valence-electron chi connectivity index (χ1n) is 6.04. The normalized spacial score (nSPS) is 13.0. The molecule has 100 valence electrons. The number of rotatable bonds is 3. The summed E-state index contributed by atoms with van der Waals surface area (Å²) >= 11 is 6.04. The highest BCUT2D eigenvalue weighted by atomic mass is 35.5. The molecule has 0 saturated heterocycles. The van der Waals surface area contributed by atoms with E-state index in [0.717, 1.165) is 11.3 Å². The third kappa shape index (κ3) is 4.22. The lowest BCUT2D eigenvalue weighted by atomic mass is 10.1. The Morgan fingerprint density at radius 2 is 1.94 bits per heavy atom. The quantitative estimate of drug-likeness (QED) is 0.883. The molecular weight excluding hydrogens is 248 g/mol. The maximum Gasteiger partial charge on any atom is 0.242 e. The molecule has 2 N–H and O–H groups in total. The Hall–Kier alpha value is -1.22. The van der Waals surface area contributed by atoms with E-state index in [-0.39, 0.29) is 17.5 Å². The largest absolute Gasteiger partial charge is 0.374 e. The fourth-order valence-corrected chi connectivity index (χ4v) is 1.72. The van der Waals surface area contributed by atoms with Crippen LogP contribution in [-0.2, 0) is 4.79 Å². The molecule has 18 heavy (non-hydrogen) atoms. The number of carbonyl (C=O) groups excluding carboxylic acids is 1. The van der Waals surface area contributed by atoms with E-state index in [1.54, 1.807) is 0 Å². The van der Waals surface area contributed by atoms with Gasteiger partial charge in [-0.05, 0) is 52.3 Å². The van der Waals surface area contributed by atoms with E-state index in [2.05, 4.69) is 10.6 Å². The zero-order valence-electron chi connectivity index (χ0n) is 11.6. The van der Waals surface area contributed by atoms with Crippen molar-refractivity contribution >= 4 is 23.2 Å². The molecule has 0 radical (unpaired) electrons. The van der Waals surface area contributed by atoms with Crippen LogP contribution < -0.4 is 10.6 Å². The van der Waals surface area contributed by atoms with Crippen LogP contribution in [0.2, 0.25) is 5.02 Å². The van der Waals surface area contributed by atoms with E-state index in [4.69, 9.17) is 11.6 Å². The Morgan fingerprint density at radius 1 is 1.33 bits per heavy atom. The Kier molecular flexibility index (Phi) is 4.63. The zero-order valence-corrected chi connectivity index (χ0v) is 12.4. The molecule has 0 fully saturated rings. The van der Waals surface area contributed by atoms with Gasteiger partial charge in [-0.15, -0.1) is 0 Å². The van der Waals surface area contributed by atoms with E-state index in [1.165, 1.54) is 0 Å². The molecule has 0 aliphatic rings. The smallest absolute Gasteiger partial charge is 0.242 e. The van der Waals surface area contributed by atoms with Gasteiger partial charge in [-0.25, -0.2) is 0 Å². The molecule has 4 heteroatoms. The van der Waals surface area contributed by atoms with Crippen molar-refractivity contribution in [1.82, 2.24) is 5.32 Å². The second-order valence-electron chi connectivity index (χ2n) is 5.52. The average Bonchev–Trinajstić information content (AvgIpc) is 2.22. The van der Waals surface area contributed by atoms with Gasteiger partial charge in [-0.1, -0.05) is 17.7 Å². The van der Waals surface area contributed by atoms with Gasteiger partial charge in [0.15, 0.2) is 0 Å². The minimum Gasteiger partial charge on any atom is -0.374 e. The Morgan fingerprint density at radius 3 is 2.50 bits per heavy atom. The summed E-state index contributed by atoms with van der Waals surface area (Å²) in [6.45, 7) is 9.65. The summed E-state index contributed by atoms with van der Waals surface area (Å²) in [5.41, 5.74) is 1.62. The molecule has 0 aromatic heterocycles. The van der Waals surface area contributed by atoms with Crippen LogP contribution in [0.25, 0.3) is 0 Å². The standard InChI is InChI=1S/C14H21ClN2O/c1-9-11(15)7-6-8-12(9)16-10(2)13(18)17-14(3,4)5/h6-8,10,16H,1-5H3,(H,17,18). The Labute approximate surface area is 114 Å². The molecule has 1 aromatic rings. The summed E-state index contributed by atoms with van der Waals surface area (Å²) in [6.07, 6.45) is 0. The van der Waals surface area contributed by atoms with E-state index in [9.17, 15) is 4.79 Å². The fourth-order valence-electron chi connectivity index (χ4n) is 1.54. The maximum atomic E-state index is 12.0. The van der Waals surface area contributed by atoms with Crippen LogP contribution in [0.1, 0.15) is 33.3 Å². The minimum atomic E-state index is -0.304. The molecule has 0 heterocycles. The Balaban J connectivity index is 2.73. The predicted molar refractivity (Wildman–Crippen MR) is 77.2 cm³/mol. The van der Waals surface area contributed by atoms with E-state index < -0.39 is 0 Å². The summed E-state index contributed by atoms with van der Waals surface area (Å²) in [5, 5.41) is 6.81. The summed E-state index contributed by atoms with van der Waals surface area (Å²) < 4.78 is 0. The number of nitrogens with one attached hydrogen (secondary N) is 2. The lowest BCUT2D eigenvalue weighted by Crippen LogP contribution is -2.47. The first-order valence-corrected chi connectivity index (χ1v) is 6.42. The monoisotopic (exact) mass is 268 g/mol. The highest BCUT2D eigenvalue weighted by Crippen LogP contribution is 2.23. The molecule has 0 aliphatic heterocycles. The van der Waals surface area contributed by atoms with Crippen molar-refractivity contribution in [3.63, 3.8) is 0 Å². The second kappa shape index (κ2) is 5.61. The highest BCUT2D eigenvalue weighted by Gasteiger charge is 2.19. The Bertz CT molecular complexity index is 438. The number of amides is 1. The number of halogens is 1. The topological polar surface area (TPSA) is 41.1 Å². The zero-order chi connectivity index (χ0) is 13.9. The van der Waals surface area contributed by atoms with Crippen molar-refractivity contribution < 1.29 is 4.79 Å². The molecule has 0 spiro atoms. The molecular formula is C14H21ClN2O. The van der Waals surface area contributed by atoms with Crippen LogP contribution >= 0.6 is 11.6 Å². The van der Waals surface area contributed by atoms with Crippen molar-refractivity contribution in [3.05, 3.63) is 28.8 Å². The lowest BCUT2D eigenvalue weighted by molar-refractivity contribution is -0.122. The van der Waals surface area contributed by atoms with Gasteiger partial charge in [-0.3, -0.25) is 4.79 Å². The summed E-state index contributed by atoms with van der Waals surface area (Å²) in [4.78, 5) is 12.0.